The van der Waals surface area contributed by atoms with E-state index in [1.54, 1.807) is 0 Å². The number of rotatable bonds is 3. The Hall–Kier alpha value is -2.69. The van der Waals surface area contributed by atoms with Crippen LogP contribution in [-0.4, -0.2) is 27.4 Å². The normalized spacial score (nSPS) is 20.4. The summed E-state index contributed by atoms with van der Waals surface area (Å²) in [7, 11) is 0. The largest absolute Gasteiger partial charge is 0.340 e. The van der Waals surface area contributed by atoms with Crippen molar-refractivity contribution < 1.29 is 4.79 Å². The van der Waals surface area contributed by atoms with Crippen LogP contribution in [0.25, 0.3) is 11.2 Å². The molecular formula is C24H26N4O. The number of amides is 1. The number of hydrogen-bond donors (Lipinski definition) is 1. The Balaban J connectivity index is 1.40. The lowest BCUT2D eigenvalue weighted by Gasteiger charge is -2.41. The molecule has 0 radical (unpaired) electrons. The molecule has 3 aliphatic rings. The molecule has 2 saturated carbocycles. The minimum absolute atomic E-state index is 0.0492. The first kappa shape index (κ1) is 17.2. The van der Waals surface area contributed by atoms with Gasteiger partial charge in [0.1, 0.15) is 5.82 Å². The minimum Gasteiger partial charge on any atom is -0.340 e. The summed E-state index contributed by atoms with van der Waals surface area (Å²) < 4.78 is 0. The number of aromatic nitrogens is 3. The third-order valence-electron chi connectivity index (χ3n) is 7.08. The van der Waals surface area contributed by atoms with Crippen molar-refractivity contribution in [3.05, 3.63) is 53.0 Å². The van der Waals surface area contributed by atoms with Gasteiger partial charge in [-0.1, -0.05) is 18.6 Å². The molecule has 0 unspecified atom stereocenters. The molecule has 1 amide bonds. The molecule has 1 aromatic carbocycles. The predicted molar refractivity (Wildman–Crippen MR) is 113 cm³/mol. The molecule has 0 saturated heterocycles. The van der Waals surface area contributed by atoms with Gasteiger partial charge in [-0.25, -0.2) is 9.97 Å². The van der Waals surface area contributed by atoms with Gasteiger partial charge in [0.15, 0.2) is 5.65 Å². The van der Waals surface area contributed by atoms with Gasteiger partial charge in [-0.05, 0) is 74.3 Å². The van der Waals surface area contributed by atoms with Crippen molar-refractivity contribution in [1.82, 2.24) is 15.0 Å². The standard InChI is InChI=1S/C24H26N4O/c1-15-12-19-21(25-14-15)27-23(26-19)24(9-3-10-24)18-7-8-20-17(13-18)4-2-11-28(20)22(29)16-5-6-16/h7-8,12-14,16H,2-6,9-11H2,1H3,(H,25,26,27). The third kappa shape index (κ3) is 2.63. The molecule has 0 atom stereocenters. The number of carbonyl (C=O) groups excluding carboxylic acids is 1. The summed E-state index contributed by atoms with van der Waals surface area (Å²) in [5, 5.41) is 0. The minimum atomic E-state index is -0.0492. The molecule has 0 bridgehead atoms. The van der Waals surface area contributed by atoms with E-state index >= 15 is 0 Å². The van der Waals surface area contributed by atoms with Crippen LogP contribution in [0.5, 0.6) is 0 Å². The predicted octanol–water partition coefficient (Wildman–Crippen LogP) is 4.43. The first-order valence-corrected chi connectivity index (χ1v) is 10.9. The summed E-state index contributed by atoms with van der Waals surface area (Å²) in [6.07, 6.45) is 9.53. The average molecular weight is 386 g/mol. The molecule has 0 spiro atoms. The van der Waals surface area contributed by atoms with Crippen LogP contribution in [0.3, 0.4) is 0 Å². The quantitative estimate of drug-likeness (QED) is 0.724. The van der Waals surface area contributed by atoms with Gasteiger partial charge in [-0.2, -0.15) is 0 Å². The lowest BCUT2D eigenvalue weighted by atomic mass is 9.63. The van der Waals surface area contributed by atoms with E-state index in [4.69, 9.17) is 4.98 Å². The van der Waals surface area contributed by atoms with Gasteiger partial charge in [0.05, 0.1) is 10.9 Å². The number of nitrogens with one attached hydrogen (secondary N) is 1. The first-order valence-electron chi connectivity index (χ1n) is 10.9. The zero-order valence-corrected chi connectivity index (χ0v) is 16.9. The maximum absolute atomic E-state index is 12.7. The summed E-state index contributed by atoms with van der Waals surface area (Å²) in [4.78, 5) is 27.7. The monoisotopic (exact) mass is 386 g/mol. The van der Waals surface area contributed by atoms with Gasteiger partial charge < -0.3 is 9.88 Å². The van der Waals surface area contributed by atoms with E-state index in [2.05, 4.69) is 41.2 Å². The zero-order valence-electron chi connectivity index (χ0n) is 16.9. The van der Waals surface area contributed by atoms with Crippen molar-refractivity contribution in [2.24, 2.45) is 5.92 Å². The summed E-state index contributed by atoms with van der Waals surface area (Å²) in [6, 6.07) is 8.91. The molecule has 2 aliphatic carbocycles. The lowest BCUT2D eigenvalue weighted by molar-refractivity contribution is -0.119. The van der Waals surface area contributed by atoms with E-state index in [0.29, 0.717) is 5.91 Å². The van der Waals surface area contributed by atoms with Crippen LogP contribution in [0.15, 0.2) is 30.5 Å². The van der Waals surface area contributed by atoms with E-state index < -0.39 is 0 Å². The van der Waals surface area contributed by atoms with Crippen molar-refractivity contribution >= 4 is 22.8 Å². The zero-order chi connectivity index (χ0) is 19.6. The second kappa shape index (κ2) is 6.15. The molecule has 3 aromatic rings. The van der Waals surface area contributed by atoms with E-state index in [1.807, 2.05) is 11.1 Å². The third-order valence-corrected chi connectivity index (χ3v) is 7.08. The lowest BCUT2D eigenvalue weighted by Crippen LogP contribution is -2.38. The highest BCUT2D eigenvalue weighted by atomic mass is 16.2. The van der Waals surface area contributed by atoms with Gasteiger partial charge in [0.2, 0.25) is 5.91 Å². The Labute approximate surface area is 170 Å². The van der Waals surface area contributed by atoms with Crippen LogP contribution >= 0.6 is 0 Å². The molecular weight excluding hydrogens is 360 g/mol. The topological polar surface area (TPSA) is 61.9 Å². The molecule has 5 heteroatoms. The van der Waals surface area contributed by atoms with E-state index in [-0.39, 0.29) is 11.3 Å². The number of hydrogen-bond acceptors (Lipinski definition) is 3. The summed E-state index contributed by atoms with van der Waals surface area (Å²) in [5.41, 5.74) is 6.70. The highest BCUT2D eigenvalue weighted by molar-refractivity contribution is 5.97. The van der Waals surface area contributed by atoms with Crippen molar-refractivity contribution in [2.45, 2.75) is 57.3 Å². The maximum Gasteiger partial charge on any atom is 0.230 e. The fraction of sp³-hybridized carbons (Fsp3) is 0.458. The van der Waals surface area contributed by atoms with Gasteiger partial charge >= 0.3 is 0 Å². The molecule has 5 nitrogen and oxygen atoms in total. The highest BCUT2D eigenvalue weighted by Gasteiger charge is 2.44. The first-order chi connectivity index (χ1) is 14.1. The Morgan fingerprint density at radius 1 is 1.21 bits per heavy atom. The molecule has 148 valence electrons. The Morgan fingerprint density at radius 3 is 2.83 bits per heavy atom. The number of H-pyrrole nitrogens is 1. The number of anilines is 1. The van der Waals surface area contributed by atoms with Gasteiger partial charge in [-0.3, -0.25) is 4.79 Å². The van der Waals surface area contributed by atoms with Crippen LogP contribution in [0, 0.1) is 12.8 Å². The van der Waals surface area contributed by atoms with Crippen molar-refractivity contribution in [2.75, 3.05) is 11.4 Å². The van der Waals surface area contributed by atoms with Crippen molar-refractivity contribution in [3.8, 4) is 0 Å². The van der Waals surface area contributed by atoms with Crippen LogP contribution in [0.4, 0.5) is 5.69 Å². The molecule has 3 heterocycles. The number of nitrogens with zero attached hydrogens (tertiary/aromatic N) is 3. The number of fused-ring (bicyclic) bond motifs is 2. The molecule has 1 N–H and O–H groups in total. The number of aromatic amines is 1. The second-order valence-electron chi connectivity index (χ2n) is 9.12. The van der Waals surface area contributed by atoms with Gasteiger partial charge in [-0.15, -0.1) is 0 Å². The van der Waals surface area contributed by atoms with Crippen molar-refractivity contribution in [3.63, 3.8) is 0 Å². The van der Waals surface area contributed by atoms with Crippen molar-refractivity contribution in [1.29, 1.82) is 0 Å². The van der Waals surface area contributed by atoms with Crippen LogP contribution in [-0.2, 0) is 16.6 Å². The highest BCUT2D eigenvalue weighted by Crippen LogP contribution is 2.49. The van der Waals surface area contributed by atoms with Crippen LogP contribution < -0.4 is 4.90 Å². The van der Waals surface area contributed by atoms with Crippen LogP contribution in [0.2, 0.25) is 0 Å². The molecule has 6 rings (SSSR count). The SMILES string of the molecule is Cc1cnc2nc(C3(c4ccc5c(c4)CCCN5C(=O)C4CC4)CCC3)[nH]c2c1. The maximum atomic E-state index is 12.7. The molecule has 2 fully saturated rings. The average Bonchev–Trinajstić information content (AvgIpc) is 3.46. The fourth-order valence-corrected chi connectivity index (χ4v) is 5.10. The summed E-state index contributed by atoms with van der Waals surface area (Å²) in [5.74, 6) is 1.64. The smallest absolute Gasteiger partial charge is 0.230 e. The number of aryl methyl sites for hydroxylation is 2. The molecule has 1 aliphatic heterocycles. The fourth-order valence-electron chi connectivity index (χ4n) is 5.10. The number of imidazole rings is 1. The Bertz CT molecular complexity index is 1120. The second-order valence-corrected chi connectivity index (χ2v) is 9.12. The molecule has 2 aromatic heterocycles. The number of benzene rings is 1. The molecule has 29 heavy (non-hydrogen) atoms. The van der Waals surface area contributed by atoms with Gasteiger partial charge in [0, 0.05) is 24.3 Å². The van der Waals surface area contributed by atoms with Gasteiger partial charge in [0.25, 0.3) is 0 Å². The van der Waals surface area contributed by atoms with Crippen LogP contribution in [0.1, 0.15) is 61.0 Å². The number of carbonyl (C=O) groups is 1. The van der Waals surface area contributed by atoms with E-state index in [0.717, 1.165) is 73.3 Å². The number of pyridine rings is 1. The summed E-state index contributed by atoms with van der Waals surface area (Å²) >= 11 is 0. The van der Waals surface area contributed by atoms with E-state index in [1.165, 1.54) is 17.5 Å². The van der Waals surface area contributed by atoms with E-state index in [9.17, 15) is 4.79 Å². The summed E-state index contributed by atoms with van der Waals surface area (Å²) in [6.45, 7) is 2.92. The Kier molecular flexibility index (Phi) is 3.65. The Morgan fingerprint density at radius 2 is 2.07 bits per heavy atom.